The lowest BCUT2D eigenvalue weighted by atomic mass is 9.89. The van der Waals surface area contributed by atoms with Gasteiger partial charge < -0.3 is 9.32 Å². The van der Waals surface area contributed by atoms with Crippen molar-refractivity contribution in [3.63, 3.8) is 0 Å². The van der Waals surface area contributed by atoms with E-state index in [0.717, 1.165) is 5.56 Å². The molecule has 3 heterocycles. The third kappa shape index (κ3) is 4.33. The van der Waals surface area contributed by atoms with Gasteiger partial charge in [-0.05, 0) is 31.9 Å². The Hall–Kier alpha value is -2.87. The molecule has 4 rings (SSSR count). The van der Waals surface area contributed by atoms with Crippen LogP contribution >= 0.6 is 11.8 Å². The molecule has 0 radical (unpaired) electrons. The van der Waals surface area contributed by atoms with Crippen LogP contribution in [0.2, 0.25) is 0 Å². The monoisotopic (exact) mass is 424 g/mol. The molecule has 0 atom stereocenters. The minimum atomic E-state index is -0.0110. The number of Topliss-reactive ketones (excluding diaryl/α,β-unsaturated/α-hetero) is 1. The molecular weight excluding hydrogens is 400 g/mol. The molecule has 1 fully saturated rings. The number of furan rings is 1. The molecule has 0 unspecified atom stereocenters. The molecule has 0 aliphatic carbocycles. The van der Waals surface area contributed by atoms with Gasteiger partial charge in [0, 0.05) is 31.1 Å². The first-order valence-corrected chi connectivity index (χ1v) is 11.1. The van der Waals surface area contributed by atoms with Crippen molar-refractivity contribution in [3.05, 3.63) is 54.3 Å². The number of amides is 1. The van der Waals surface area contributed by atoms with E-state index in [1.807, 2.05) is 58.9 Å². The number of carbonyl (C=O) groups is 2. The maximum absolute atomic E-state index is 12.7. The summed E-state index contributed by atoms with van der Waals surface area (Å²) in [6, 6.07) is 13.1. The van der Waals surface area contributed by atoms with Crippen molar-refractivity contribution in [3.8, 4) is 11.6 Å². The molecule has 1 amide bonds. The van der Waals surface area contributed by atoms with Gasteiger partial charge in [-0.15, -0.1) is 10.2 Å². The van der Waals surface area contributed by atoms with E-state index in [1.165, 1.54) is 11.8 Å². The molecule has 1 aromatic carbocycles. The lowest BCUT2D eigenvalue weighted by molar-refractivity contribution is -0.129. The van der Waals surface area contributed by atoms with Gasteiger partial charge in [0.2, 0.25) is 5.91 Å². The molecule has 2 aromatic heterocycles. The molecule has 3 aromatic rings. The summed E-state index contributed by atoms with van der Waals surface area (Å²) in [7, 11) is 0. The minimum Gasteiger partial charge on any atom is -0.461 e. The molecule has 156 valence electrons. The fraction of sp³-hybridized carbons (Fsp3) is 0.364. The summed E-state index contributed by atoms with van der Waals surface area (Å²) in [5.41, 5.74) is 0.754. The van der Waals surface area contributed by atoms with Gasteiger partial charge in [0.1, 0.15) is 0 Å². The van der Waals surface area contributed by atoms with Gasteiger partial charge >= 0.3 is 0 Å². The van der Waals surface area contributed by atoms with Crippen molar-refractivity contribution in [2.45, 2.75) is 31.5 Å². The molecule has 1 aliphatic heterocycles. The number of aromatic nitrogens is 3. The summed E-state index contributed by atoms with van der Waals surface area (Å²) in [5, 5.41) is 9.14. The van der Waals surface area contributed by atoms with E-state index in [4.69, 9.17) is 4.42 Å². The second kappa shape index (κ2) is 9.30. The van der Waals surface area contributed by atoms with E-state index in [2.05, 4.69) is 10.2 Å². The van der Waals surface area contributed by atoms with Gasteiger partial charge in [-0.2, -0.15) is 0 Å². The zero-order chi connectivity index (χ0) is 20.9. The normalized spacial score (nSPS) is 14.8. The van der Waals surface area contributed by atoms with Gasteiger partial charge in [-0.3, -0.25) is 14.2 Å². The van der Waals surface area contributed by atoms with Crippen LogP contribution in [0.5, 0.6) is 0 Å². The molecule has 7 nitrogen and oxygen atoms in total. The molecule has 0 bridgehead atoms. The quantitative estimate of drug-likeness (QED) is 0.424. The van der Waals surface area contributed by atoms with E-state index in [0.29, 0.717) is 55.0 Å². The predicted octanol–water partition coefficient (Wildman–Crippen LogP) is 3.77. The number of hydrogen-bond donors (Lipinski definition) is 0. The number of carbonyl (C=O) groups excluding carboxylic acids is 2. The topological polar surface area (TPSA) is 81.2 Å². The molecule has 1 saturated heterocycles. The fourth-order valence-corrected chi connectivity index (χ4v) is 4.62. The van der Waals surface area contributed by atoms with E-state index in [9.17, 15) is 9.59 Å². The maximum atomic E-state index is 12.7. The first kappa shape index (κ1) is 20.4. The number of hydrogen-bond acceptors (Lipinski definition) is 6. The van der Waals surface area contributed by atoms with Gasteiger partial charge in [-0.1, -0.05) is 42.1 Å². The molecule has 30 heavy (non-hydrogen) atoms. The summed E-state index contributed by atoms with van der Waals surface area (Å²) in [5.74, 6) is 1.86. The Labute approximate surface area is 179 Å². The summed E-state index contributed by atoms with van der Waals surface area (Å²) < 4.78 is 7.37. The Balaban J connectivity index is 1.31. The third-order valence-corrected chi connectivity index (χ3v) is 6.33. The van der Waals surface area contributed by atoms with Crippen LogP contribution in [-0.4, -0.2) is 50.2 Å². The van der Waals surface area contributed by atoms with Crippen molar-refractivity contribution in [2.24, 2.45) is 5.92 Å². The highest BCUT2D eigenvalue weighted by atomic mass is 32.2. The first-order chi connectivity index (χ1) is 14.7. The minimum absolute atomic E-state index is 0.0110. The van der Waals surface area contributed by atoms with E-state index in [1.54, 1.807) is 6.26 Å². The number of rotatable bonds is 7. The molecule has 1 aliphatic rings. The lowest BCUT2D eigenvalue weighted by Crippen LogP contribution is -2.41. The highest BCUT2D eigenvalue weighted by Crippen LogP contribution is 2.26. The van der Waals surface area contributed by atoms with Crippen molar-refractivity contribution in [1.82, 2.24) is 19.7 Å². The second-order valence-corrected chi connectivity index (χ2v) is 8.14. The van der Waals surface area contributed by atoms with Crippen molar-refractivity contribution < 1.29 is 14.0 Å². The summed E-state index contributed by atoms with van der Waals surface area (Å²) >= 11 is 1.38. The average Bonchev–Trinajstić information content (AvgIpc) is 3.47. The van der Waals surface area contributed by atoms with Gasteiger partial charge in [0.15, 0.2) is 22.5 Å². The number of benzene rings is 1. The second-order valence-electron chi connectivity index (χ2n) is 7.20. The van der Waals surface area contributed by atoms with Crippen LogP contribution < -0.4 is 0 Å². The molecule has 8 heteroatoms. The zero-order valence-electron chi connectivity index (χ0n) is 16.9. The van der Waals surface area contributed by atoms with Crippen LogP contribution in [0.25, 0.3) is 11.6 Å². The van der Waals surface area contributed by atoms with Crippen molar-refractivity contribution in [2.75, 3.05) is 18.8 Å². The van der Waals surface area contributed by atoms with Crippen molar-refractivity contribution >= 4 is 23.5 Å². The Kier molecular flexibility index (Phi) is 6.32. The van der Waals surface area contributed by atoms with Crippen LogP contribution in [-0.2, 0) is 11.3 Å². The maximum Gasteiger partial charge on any atom is 0.233 e. The highest BCUT2D eigenvalue weighted by Gasteiger charge is 2.28. The van der Waals surface area contributed by atoms with Crippen LogP contribution in [0, 0.1) is 5.92 Å². The largest absolute Gasteiger partial charge is 0.461 e. The van der Waals surface area contributed by atoms with E-state index < -0.39 is 0 Å². The predicted molar refractivity (Wildman–Crippen MR) is 114 cm³/mol. The summed E-state index contributed by atoms with van der Waals surface area (Å²) in [6.07, 6.45) is 3.02. The Morgan fingerprint density at radius 3 is 2.53 bits per heavy atom. The number of piperidine rings is 1. The highest BCUT2D eigenvalue weighted by molar-refractivity contribution is 7.99. The molecular formula is C22H24N4O3S. The fourth-order valence-electron chi connectivity index (χ4n) is 3.72. The Morgan fingerprint density at radius 2 is 1.87 bits per heavy atom. The van der Waals surface area contributed by atoms with Crippen LogP contribution in [0.4, 0.5) is 0 Å². The Morgan fingerprint density at radius 1 is 1.10 bits per heavy atom. The summed E-state index contributed by atoms with van der Waals surface area (Å²) in [6.45, 7) is 3.92. The Bertz CT molecular complexity index is 993. The van der Waals surface area contributed by atoms with Crippen LogP contribution in [0.1, 0.15) is 30.1 Å². The van der Waals surface area contributed by atoms with Crippen LogP contribution in [0.3, 0.4) is 0 Å². The zero-order valence-corrected chi connectivity index (χ0v) is 17.7. The smallest absolute Gasteiger partial charge is 0.233 e. The lowest BCUT2D eigenvalue weighted by Gasteiger charge is -2.31. The van der Waals surface area contributed by atoms with Crippen LogP contribution in [0.15, 0.2) is 58.3 Å². The third-order valence-electron chi connectivity index (χ3n) is 5.38. The first-order valence-electron chi connectivity index (χ1n) is 10.1. The number of nitrogens with zero attached hydrogens (tertiary/aromatic N) is 4. The number of likely N-dealkylation sites (tertiary alicyclic amines) is 1. The molecule has 0 N–H and O–H groups in total. The molecule has 0 spiro atoms. The number of thioether (sulfide) groups is 1. The SMILES string of the molecule is CCn1c(SCC(=O)N2CCC(C(=O)c3ccccc3)CC2)nnc1-c1ccco1. The standard InChI is InChI=1S/C22H24N4O3S/c1-2-26-21(18-9-6-14-29-18)23-24-22(26)30-15-19(27)25-12-10-17(11-13-25)20(28)16-7-4-3-5-8-16/h3-9,14,17H,2,10-13,15H2,1H3. The van der Waals surface area contributed by atoms with Crippen molar-refractivity contribution in [1.29, 1.82) is 0 Å². The van der Waals surface area contributed by atoms with Gasteiger partial charge in [0.25, 0.3) is 0 Å². The summed E-state index contributed by atoms with van der Waals surface area (Å²) in [4.78, 5) is 27.2. The molecule has 0 saturated carbocycles. The average molecular weight is 425 g/mol. The van der Waals surface area contributed by atoms with Gasteiger partial charge in [0.05, 0.1) is 12.0 Å². The van der Waals surface area contributed by atoms with E-state index >= 15 is 0 Å². The van der Waals surface area contributed by atoms with E-state index in [-0.39, 0.29) is 17.6 Å². The number of ketones is 1. The van der Waals surface area contributed by atoms with Gasteiger partial charge in [-0.25, -0.2) is 0 Å².